The van der Waals surface area contributed by atoms with Gasteiger partial charge in [0, 0.05) is 160 Å². The third-order valence-corrected chi connectivity index (χ3v) is 23.4. The van der Waals surface area contributed by atoms with Crippen LogP contribution in [-0.2, 0) is 52.2 Å². The number of hydrogen-bond donors (Lipinski definition) is 14. The summed E-state index contributed by atoms with van der Waals surface area (Å²) >= 11 is 0. The number of rotatable bonds is 32. The molecule has 8 aromatic heterocycles. The largest absolute Gasteiger partial charge is 0.481 e. The highest BCUT2D eigenvalue weighted by Gasteiger charge is 2.49. The Morgan fingerprint density at radius 1 is 0.437 bits per heavy atom. The van der Waals surface area contributed by atoms with E-state index < -0.39 is 126 Å². The van der Waals surface area contributed by atoms with Gasteiger partial charge in [-0.15, -0.1) is 0 Å². The van der Waals surface area contributed by atoms with E-state index in [1.165, 1.54) is 54.8 Å². The molecule has 2 aliphatic heterocycles. The lowest BCUT2D eigenvalue weighted by Crippen LogP contribution is -2.31. The molecule has 0 unspecified atom stereocenters. The van der Waals surface area contributed by atoms with Crippen molar-refractivity contribution in [3.8, 4) is 90.1 Å². The van der Waals surface area contributed by atoms with Gasteiger partial charge in [0.05, 0.1) is 119 Å². The standard InChI is InChI=1S/C26H29F3N4O4.C26H27F3N4O3.C25H27FN4O5.C25H25FN4O4/c1-15(2)25-32-23(16-7-9-31-21(12-16)30-3)24(17-5-4-6-18(11-17)26(27,28)29)33(25)10-8-19(34)13-20(35)14-22(36)37;1-15(2)25-32-23(16-7-9-31-21(12-16)30-3)24(17-5-4-6-18(11-17)26(27,28)29)33(25)10-8-20-13-19(34)14-22(35)36-20;1-27-20-12-16(6-10-28-20)22-23(15-2-4-17(26)5-3-15)30(24(29-22)25(35)8-9-25)11-7-18(31)13-19(32)14-21(33)34;1-27-20-12-16(6-10-28-20)22-23(15-2-4-17(26)5-3-15)30(24(29-22)25(33)8-9-25)11-7-19-13-18(31)14-21(32)34-19/h4-12,15,19-20,34-35H,13-14H2,1-3H3,(H,30,31)(H,36,37);4-12,15,19-20,34H,13-14H2,1-3H3,(H,30,31);2-7,10-12,18-19,31-32,35H,8-9,13-14H2,1H3,(H,27,28)(H,33,34);2-7,10-12,18-19,31,33H,8-9,13-14H2,1H3,(H,27,28)/b2*10-8+;2*11-7+/t2*19-,20-;2*18-,19-/m1111/s1. The second-order valence-corrected chi connectivity index (χ2v) is 35.1. The Hall–Kier alpha value is -14.5. The number of imidazole rings is 4. The van der Waals surface area contributed by atoms with Crippen LogP contribution >= 0.6 is 0 Å². The van der Waals surface area contributed by atoms with Crippen LogP contribution in [-0.4, -0.2) is 210 Å². The van der Waals surface area contributed by atoms with Gasteiger partial charge in [-0.3, -0.25) is 19.2 Å². The maximum absolute atomic E-state index is 13.7. The molecule has 0 spiro atoms. The van der Waals surface area contributed by atoms with Gasteiger partial charge in [0.1, 0.15) is 81.6 Å². The van der Waals surface area contributed by atoms with Crippen molar-refractivity contribution in [1.82, 2.24) is 58.1 Å². The van der Waals surface area contributed by atoms with Gasteiger partial charge in [0.15, 0.2) is 0 Å². The van der Waals surface area contributed by atoms with E-state index >= 15 is 0 Å². The first kappa shape index (κ1) is 105. The summed E-state index contributed by atoms with van der Waals surface area (Å²) < 4.78 is 126. The van der Waals surface area contributed by atoms with Crippen LogP contribution in [0.15, 0.2) is 195 Å². The quantitative estimate of drug-likeness (QED) is 0.0138. The molecule has 16 rings (SSSR count). The van der Waals surface area contributed by atoms with Gasteiger partial charge >= 0.3 is 36.2 Å². The highest BCUT2D eigenvalue weighted by atomic mass is 19.4. The van der Waals surface area contributed by atoms with Crippen LogP contribution < -0.4 is 21.3 Å². The second-order valence-electron chi connectivity index (χ2n) is 35.1. The van der Waals surface area contributed by atoms with E-state index in [4.69, 9.17) is 39.6 Å². The number of alkyl halides is 6. The maximum Gasteiger partial charge on any atom is 0.416 e. The fourth-order valence-corrected chi connectivity index (χ4v) is 16.1. The van der Waals surface area contributed by atoms with Crippen LogP contribution in [0.25, 0.3) is 115 Å². The van der Waals surface area contributed by atoms with Crippen molar-refractivity contribution in [2.24, 2.45) is 0 Å². The summed E-state index contributed by atoms with van der Waals surface area (Å²) in [6, 6.07) is 36.1. The fraction of sp³-hybridized carbons (Fsp3) is 0.333. The number of carboxylic acid groups (broad SMARTS) is 2. The predicted molar refractivity (Wildman–Crippen MR) is 515 cm³/mol. The third-order valence-electron chi connectivity index (χ3n) is 23.4. The lowest BCUT2D eigenvalue weighted by molar-refractivity contribution is -0.157. The van der Waals surface area contributed by atoms with Crippen molar-refractivity contribution in [2.45, 2.75) is 189 Å². The number of carbonyl (C=O) groups excluding carboxylic acids is 2. The molecular weight excluding hydrogens is 1860 g/mol. The zero-order valence-corrected chi connectivity index (χ0v) is 78.4. The maximum atomic E-state index is 13.7. The van der Waals surface area contributed by atoms with E-state index in [2.05, 4.69) is 41.2 Å². The van der Waals surface area contributed by atoms with Crippen LogP contribution in [0.4, 0.5) is 58.4 Å². The minimum Gasteiger partial charge on any atom is -0.481 e. The molecular formula is C102H108F8N16O16. The van der Waals surface area contributed by atoms with Crippen LogP contribution in [0.2, 0.25) is 0 Å². The second kappa shape index (κ2) is 45.4. The van der Waals surface area contributed by atoms with E-state index in [-0.39, 0.29) is 61.7 Å². The topological polar surface area (TPSA) is 460 Å². The van der Waals surface area contributed by atoms with Gasteiger partial charge < -0.3 is 100 Å². The molecule has 12 aromatic rings. The molecule has 2 aliphatic carbocycles. The molecule has 40 heteroatoms. The normalized spacial score (nSPS) is 17.5. The number of esters is 2. The number of nitrogens with one attached hydrogen (secondary N) is 4. The first-order valence-corrected chi connectivity index (χ1v) is 45.6. The summed E-state index contributed by atoms with van der Waals surface area (Å²) in [5.74, 6) is 0.0259. The highest BCUT2D eigenvalue weighted by Crippen LogP contribution is 2.51. The lowest BCUT2D eigenvalue weighted by Gasteiger charge is -2.23. The van der Waals surface area contributed by atoms with Gasteiger partial charge in [0.25, 0.3) is 0 Å². The summed E-state index contributed by atoms with van der Waals surface area (Å²) in [6.45, 7) is 7.63. The fourth-order valence-electron chi connectivity index (χ4n) is 16.1. The first-order valence-electron chi connectivity index (χ1n) is 45.6. The van der Waals surface area contributed by atoms with E-state index in [1.807, 2.05) is 39.8 Å². The van der Waals surface area contributed by atoms with E-state index in [0.29, 0.717) is 146 Å². The number of aliphatic hydroxyl groups is 8. The third kappa shape index (κ3) is 26.4. The minimum atomic E-state index is -4.55. The Labute approximate surface area is 810 Å². The van der Waals surface area contributed by atoms with Crippen molar-refractivity contribution in [1.29, 1.82) is 0 Å². The molecule has 32 nitrogen and oxygen atoms in total. The summed E-state index contributed by atoms with van der Waals surface area (Å²) in [5, 5.41) is 112. The molecule has 2 saturated heterocycles. The van der Waals surface area contributed by atoms with Gasteiger partial charge in [0.2, 0.25) is 0 Å². The van der Waals surface area contributed by atoms with Crippen LogP contribution in [0.5, 0.6) is 0 Å². The smallest absolute Gasteiger partial charge is 0.416 e. The van der Waals surface area contributed by atoms with Crippen molar-refractivity contribution in [3.63, 3.8) is 0 Å². The number of nitrogens with zero attached hydrogens (tertiary/aromatic N) is 12. The zero-order chi connectivity index (χ0) is 102. The number of carbonyl (C=O) groups is 4. The summed E-state index contributed by atoms with van der Waals surface area (Å²) in [4.78, 5) is 81.3. The van der Waals surface area contributed by atoms with E-state index in [1.54, 1.807) is 175 Å². The van der Waals surface area contributed by atoms with Crippen LogP contribution in [0, 0.1) is 11.6 Å². The number of carboxylic acids is 2. The Bertz CT molecular complexity index is 6610. The number of anilines is 4. The molecule has 142 heavy (non-hydrogen) atoms. The van der Waals surface area contributed by atoms with Gasteiger partial charge in [-0.1, -0.05) is 52.0 Å². The molecule has 748 valence electrons. The number of aromatic nitrogens is 12. The molecule has 4 aliphatic rings. The Balaban J connectivity index is 0.000000159. The molecule has 4 aromatic carbocycles. The molecule has 2 saturated carbocycles. The number of halogens is 8. The number of ether oxygens (including phenoxy) is 2. The Morgan fingerprint density at radius 2 is 0.746 bits per heavy atom. The summed E-state index contributed by atoms with van der Waals surface area (Å²) in [7, 11) is 6.93. The number of aliphatic carboxylic acids is 2. The number of hydrogen-bond acceptors (Lipinski definition) is 26. The van der Waals surface area contributed by atoms with E-state index in [0.717, 1.165) is 35.4 Å². The summed E-state index contributed by atoms with van der Waals surface area (Å²) in [6.07, 6.45) is 3.32. The molecule has 0 radical (unpaired) electrons. The number of pyridine rings is 4. The van der Waals surface area contributed by atoms with Crippen LogP contribution in [0.1, 0.15) is 151 Å². The Morgan fingerprint density at radius 3 is 1.06 bits per heavy atom. The Kier molecular flexibility index (Phi) is 33.5. The average Bonchev–Trinajstić information content (AvgIpc) is 1.59. The molecule has 14 N–H and O–H groups in total. The van der Waals surface area contributed by atoms with Gasteiger partial charge in [-0.25, -0.2) is 48.7 Å². The SMILES string of the molecule is CNc1cc(-c2nc(C(C)C)n(/C=C/[C@@H](O)C[C@@H](O)CC(=O)O)c2-c2cccc(C(F)(F)F)c2)ccn1.CNc1cc(-c2nc(C(C)C)n(/C=C/[C@@H]3C[C@@H](O)CC(=O)O3)c2-c2cccc(C(F)(F)F)c2)ccn1.CNc1cc(-c2nc(C3(O)CC3)n(/C=C/[C@@H](O)C[C@@H](O)CC(=O)O)c2-c2ccc(F)cc2)ccn1.CNc1cc(-c2nc(C3(O)CC3)n(/C=C/[C@@H]3C[C@@H](O)CC(=O)O3)c2-c2ccc(F)cc2)ccn1. The van der Waals surface area contributed by atoms with Gasteiger partial charge in [-0.05, 0) is 171 Å². The van der Waals surface area contributed by atoms with Crippen molar-refractivity contribution >= 4 is 71.9 Å². The van der Waals surface area contributed by atoms with Crippen molar-refractivity contribution in [3.05, 3.63) is 241 Å². The number of cyclic esters (lactones) is 2. The lowest BCUT2D eigenvalue weighted by atomic mass is 10.0. The van der Waals surface area contributed by atoms with Crippen molar-refractivity contribution in [2.75, 3.05) is 49.5 Å². The van der Waals surface area contributed by atoms with E-state index in [9.17, 15) is 95.2 Å². The zero-order valence-electron chi connectivity index (χ0n) is 78.4. The average molecular weight is 1970 g/mol. The molecule has 0 amide bonds. The highest BCUT2D eigenvalue weighted by molar-refractivity contribution is 5.87. The molecule has 10 heterocycles. The minimum absolute atomic E-state index is 0.0266. The number of aliphatic hydroxyl groups excluding tert-OH is 6. The number of benzene rings is 4. The predicted octanol–water partition coefficient (Wildman–Crippen LogP) is 16.3. The molecule has 4 fully saturated rings. The molecule has 0 bridgehead atoms. The summed E-state index contributed by atoms with van der Waals surface area (Å²) in [5.41, 5.74) is 5.00. The first-order chi connectivity index (χ1) is 67.5. The van der Waals surface area contributed by atoms with Crippen LogP contribution in [0.3, 0.4) is 0 Å². The van der Waals surface area contributed by atoms with Gasteiger partial charge in [-0.2, -0.15) is 26.3 Å². The molecule has 8 atom stereocenters. The van der Waals surface area contributed by atoms with Crippen molar-refractivity contribution < 1.29 is 115 Å². The monoisotopic (exact) mass is 1960 g/mol.